The zero-order valence-electron chi connectivity index (χ0n) is 29.0. The Kier molecular flexibility index (Phi) is 12.7. The lowest BCUT2D eigenvalue weighted by Gasteiger charge is -2.40. The first-order valence-corrected chi connectivity index (χ1v) is 18.5. The highest BCUT2D eigenvalue weighted by atomic mass is 35.5. The third-order valence-electron chi connectivity index (χ3n) is 9.27. The zero-order valence-corrected chi connectivity index (χ0v) is 30.5. The van der Waals surface area contributed by atoms with Crippen LogP contribution in [0.25, 0.3) is 0 Å². The third-order valence-corrected chi connectivity index (χ3v) is 11.6. The summed E-state index contributed by atoms with van der Waals surface area (Å²) < 4.78 is 69.0. The minimum absolute atomic E-state index is 0.00931. The van der Waals surface area contributed by atoms with Gasteiger partial charge in [0.2, 0.25) is 10.0 Å². The molecular weight excluding hydrogens is 714 g/mol. The Hall–Kier alpha value is -4.40. The van der Waals surface area contributed by atoms with E-state index in [1.807, 2.05) is 0 Å². The number of piperazine rings is 1. The molecule has 0 aromatic heterocycles. The molecule has 2 amide bonds. The van der Waals surface area contributed by atoms with Gasteiger partial charge < -0.3 is 20.5 Å². The SMILES string of the molecule is COC(=O)N(C(=O)[C@@H](N)[C@@H](Cc1ccc(F)cc1)c1ccc(Cl)cc1)c1cccc(F)c1CC[C@H]1CNC[C@H](C)N1S(=O)(=O)c1ccc(OC)cc1. The number of imide groups is 1. The van der Waals surface area contributed by atoms with E-state index < -0.39 is 57.7 Å². The fourth-order valence-electron chi connectivity index (χ4n) is 6.60. The van der Waals surface area contributed by atoms with Crippen LogP contribution in [0, 0.1) is 11.6 Å². The first-order valence-electron chi connectivity index (χ1n) is 16.7. The number of sulfonamides is 1. The van der Waals surface area contributed by atoms with Gasteiger partial charge in [-0.05, 0) is 98.0 Å². The number of ether oxygens (including phenoxy) is 2. The topological polar surface area (TPSA) is 131 Å². The summed E-state index contributed by atoms with van der Waals surface area (Å²) in [5.74, 6) is -2.20. The van der Waals surface area contributed by atoms with E-state index in [9.17, 15) is 22.4 Å². The molecule has 3 N–H and O–H groups in total. The molecule has 52 heavy (non-hydrogen) atoms. The van der Waals surface area contributed by atoms with Crippen molar-refractivity contribution in [3.05, 3.63) is 124 Å². The van der Waals surface area contributed by atoms with Gasteiger partial charge in [-0.1, -0.05) is 41.9 Å². The zero-order chi connectivity index (χ0) is 37.6. The smallest absolute Gasteiger partial charge is 0.420 e. The average molecular weight is 755 g/mol. The van der Waals surface area contributed by atoms with Crippen LogP contribution >= 0.6 is 11.6 Å². The highest BCUT2D eigenvalue weighted by Gasteiger charge is 2.39. The lowest BCUT2D eigenvalue weighted by molar-refractivity contribution is -0.119. The number of nitrogens with two attached hydrogens (primary N) is 1. The van der Waals surface area contributed by atoms with Gasteiger partial charge in [0.25, 0.3) is 5.91 Å². The summed E-state index contributed by atoms with van der Waals surface area (Å²) in [6.45, 7) is 2.49. The molecule has 14 heteroatoms. The van der Waals surface area contributed by atoms with E-state index in [0.29, 0.717) is 35.0 Å². The van der Waals surface area contributed by atoms with E-state index in [1.54, 1.807) is 55.5 Å². The van der Waals surface area contributed by atoms with Crippen molar-refractivity contribution < 1.29 is 36.3 Å². The van der Waals surface area contributed by atoms with Crippen molar-refractivity contribution >= 4 is 39.3 Å². The summed E-state index contributed by atoms with van der Waals surface area (Å²) in [4.78, 5) is 28.6. The normalized spacial score (nSPS) is 17.6. The van der Waals surface area contributed by atoms with E-state index in [0.717, 1.165) is 12.0 Å². The number of nitrogens with zero attached hydrogens (tertiary/aromatic N) is 2. The van der Waals surface area contributed by atoms with Crippen LogP contribution in [0.5, 0.6) is 5.75 Å². The molecule has 0 bridgehead atoms. The van der Waals surface area contributed by atoms with Gasteiger partial charge >= 0.3 is 6.09 Å². The van der Waals surface area contributed by atoms with Crippen molar-refractivity contribution in [2.45, 2.75) is 55.1 Å². The summed E-state index contributed by atoms with van der Waals surface area (Å²) in [5, 5.41) is 3.72. The second kappa shape index (κ2) is 17.0. The largest absolute Gasteiger partial charge is 0.497 e. The fraction of sp³-hybridized carbons (Fsp3) is 0.316. The second-order valence-corrected chi connectivity index (χ2v) is 14.9. The molecule has 5 rings (SSSR count). The van der Waals surface area contributed by atoms with Crippen molar-refractivity contribution in [1.29, 1.82) is 0 Å². The molecule has 0 saturated carbocycles. The van der Waals surface area contributed by atoms with Crippen molar-refractivity contribution in [1.82, 2.24) is 9.62 Å². The van der Waals surface area contributed by atoms with Crippen molar-refractivity contribution in [3.63, 3.8) is 0 Å². The van der Waals surface area contributed by atoms with Gasteiger partial charge in [0.1, 0.15) is 17.4 Å². The van der Waals surface area contributed by atoms with Gasteiger partial charge in [-0.2, -0.15) is 4.31 Å². The lowest BCUT2D eigenvalue weighted by Crippen LogP contribution is -2.58. The molecule has 1 fully saturated rings. The van der Waals surface area contributed by atoms with E-state index in [4.69, 9.17) is 26.8 Å². The maximum atomic E-state index is 15.8. The van der Waals surface area contributed by atoms with E-state index in [1.165, 1.54) is 53.9 Å². The Morgan fingerprint density at radius 3 is 2.29 bits per heavy atom. The summed E-state index contributed by atoms with van der Waals surface area (Å²) >= 11 is 6.14. The predicted octanol–water partition coefficient (Wildman–Crippen LogP) is 6.06. The molecule has 0 unspecified atom stereocenters. The number of carbonyl (C=O) groups excluding carboxylic acids is 2. The quantitative estimate of drug-likeness (QED) is 0.179. The molecule has 4 atom stereocenters. The standard InChI is InChI=1S/C38H41ClF2N4O6S/c1-24-22-43-23-29(45(24)52(48,49)31-18-16-30(50-2)17-19-31)15-20-32-34(41)5-4-6-35(32)44(38(47)51-3)37(46)36(42)33(26-9-11-27(39)12-10-26)21-25-7-13-28(40)14-8-25/h4-14,16-19,24,29,33,36,43H,15,20-23,42H2,1-3H3/t24-,29-,33-,36-/m0/s1. The summed E-state index contributed by atoms with van der Waals surface area (Å²) in [5.41, 5.74) is 7.94. The molecule has 1 aliphatic heterocycles. The van der Waals surface area contributed by atoms with Crippen LogP contribution in [0.15, 0.2) is 95.9 Å². The maximum absolute atomic E-state index is 15.8. The van der Waals surface area contributed by atoms with Crippen LogP contribution in [0.1, 0.15) is 36.0 Å². The predicted molar refractivity (Wildman–Crippen MR) is 195 cm³/mol. The van der Waals surface area contributed by atoms with Crippen LogP contribution in [0.4, 0.5) is 19.3 Å². The van der Waals surface area contributed by atoms with Crippen LogP contribution in [0.2, 0.25) is 5.02 Å². The average Bonchev–Trinajstić information content (AvgIpc) is 3.14. The number of methoxy groups -OCH3 is 2. The number of halogens is 3. The van der Waals surface area contributed by atoms with E-state index in [2.05, 4.69) is 5.32 Å². The number of benzene rings is 4. The minimum Gasteiger partial charge on any atom is -0.497 e. The van der Waals surface area contributed by atoms with Crippen molar-refractivity contribution in [3.8, 4) is 5.75 Å². The number of hydrogen-bond acceptors (Lipinski definition) is 8. The molecule has 1 saturated heterocycles. The Balaban J connectivity index is 1.47. The Labute approximate surface area is 307 Å². The van der Waals surface area contributed by atoms with Crippen LogP contribution in [0.3, 0.4) is 0 Å². The molecule has 0 radical (unpaired) electrons. The molecule has 1 heterocycles. The molecule has 4 aromatic carbocycles. The monoisotopic (exact) mass is 754 g/mol. The number of nitrogens with one attached hydrogen (secondary N) is 1. The molecular formula is C38H41ClF2N4O6S. The fourth-order valence-corrected chi connectivity index (χ4v) is 8.57. The Morgan fingerprint density at radius 1 is 0.981 bits per heavy atom. The summed E-state index contributed by atoms with van der Waals surface area (Å²) in [6, 6.07) is 20.2. The lowest BCUT2D eigenvalue weighted by atomic mass is 9.85. The van der Waals surface area contributed by atoms with Crippen molar-refractivity contribution in [2.75, 3.05) is 32.2 Å². The number of anilines is 1. The molecule has 1 aliphatic rings. The number of amides is 2. The Morgan fingerprint density at radius 2 is 1.65 bits per heavy atom. The van der Waals surface area contributed by atoms with Crippen LogP contribution in [-0.2, 0) is 32.4 Å². The van der Waals surface area contributed by atoms with Gasteiger partial charge in [0.15, 0.2) is 0 Å². The van der Waals surface area contributed by atoms with E-state index in [-0.39, 0.29) is 35.4 Å². The van der Waals surface area contributed by atoms with E-state index >= 15 is 4.39 Å². The van der Waals surface area contributed by atoms with Crippen molar-refractivity contribution in [2.24, 2.45) is 5.73 Å². The highest BCUT2D eigenvalue weighted by molar-refractivity contribution is 7.89. The number of carbonyl (C=O) groups is 2. The summed E-state index contributed by atoms with van der Waals surface area (Å²) in [6.07, 6.45) is -0.776. The minimum atomic E-state index is -3.98. The molecule has 0 spiro atoms. The molecule has 276 valence electrons. The Bertz CT molecular complexity index is 1970. The third kappa shape index (κ3) is 8.62. The van der Waals surface area contributed by atoms with Crippen LogP contribution in [-0.4, -0.2) is 70.2 Å². The molecule has 0 aliphatic carbocycles. The van der Waals surface area contributed by atoms with Crippen LogP contribution < -0.4 is 20.7 Å². The second-order valence-electron chi connectivity index (χ2n) is 12.6. The van der Waals surface area contributed by atoms with Gasteiger partial charge in [-0.3, -0.25) is 4.79 Å². The number of rotatable bonds is 12. The first-order chi connectivity index (χ1) is 24.8. The molecule has 10 nitrogen and oxygen atoms in total. The summed E-state index contributed by atoms with van der Waals surface area (Å²) in [7, 11) is -1.39. The molecule has 4 aromatic rings. The van der Waals surface area contributed by atoms with Gasteiger partial charge in [0.05, 0.1) is 30.8 Å². The highest BCUT2D eigenvalue weighted by Crippen LogP contribution is 2.33. The maximum Gasteiger partial charge on any atom is 0.420 e. The van der Waals surface area contributed by atoms with Gasteiger partial charge in [-0.15, -0.1) is 0 Å². The first kappa shape index (κ1) is 38.8. The number of hydrogen-bond donors (Lipinski definition) is 2. The van der Waals surface area contributed by atoms with Gasteiger partial charge in [0, 0.05) is 41.7 Å². The van der Waals surface area contributed by atoms with Gasteiger partial charge in [-0.25, -0.2) is 26.9 Å².